The van der Waals surface area contributed by atoms with Crippen molar-refractivity contribution in [2.24, 2.45) is 0 Å². The quantitative estimate of drug-likeness (QED) is 0.804. The van der Waals surface area contributed by atoms with E-state index in [2.05, 4.69) is 47.7 Å². The average Bonchev–Trinajstić information content (AvgIpc) is 2.56. The van der Waals surface area contributed by atoms with Crippen molar-refractivity contribution >= 4 is 12.2 Å². The molecule has 1 aromatic heterocycles. The molecule has 2 rings (SSSR count). The lowest BCUT2D eigenvalue weighted by atomic mass is 10.1. The molecule has 1 aromatic carbocycles. The number of aryl methyl sites for hydroxylation is 3. The van der Waals surface area contributed by atoms with Crippen molar-refractivity contribution in [2.45, 2.75) is 26.8 Å². The second-order valence-corrected chi connectivity index (χ2v) is 4.51. The van der Waals surface area contributed by atoms with Crippen molar-refractivity contribution in [3.8, 4) is 0 Å². The Kier molecular flexibility index (Phi) is 3.25. The predicted octanol–water partition coefficient (Wildman–Crippen LogP) is 3.41. The van der Waals surface area contributed by atoms with Gasteiger partial charge in [0.05, 0.1) is 0 Å². The van der Waals surface area contributed by atoms with Crippen molar-refractivity contribution < 1.29 is 0 Å². The van der Waals surface area contributed by atoms with Crippen LogP contribution in [-0.2, 0) is 13.0 Å². The Bertz CT molecular complexity index is 537. The van der Waals surface area contributed by atoms with Gasteiger partial charge in [0.15, 0.2) is 4.77 Å². The molecule has 0 aliphatic heterocycles. The maximum Gasteiger partial charge on any atom is 0.177 e. The highest BCUT2D eigenvalue weighted by Crippen LogP contribution is 2.07. The molecule has 0 aliphatic carbocycles. The van der Waals surface area contributed by atoms with Crippen molar-refractivity contribution in [1.82, 2.24) is 9.55 Å². The Morgan fingerprint density at radius 2 is 2.12 bits per heavy atom. The lowest BCUT2D eigenvalue weighted by Crippen LogP contribution is -2.03. The molecule has 0 fully saturated rings. The van der Waals surface area contributed by atoms with Crippen LogP contribution in [0, 0.1) is 18.6 Å². The first-order valence-corrected chi connectivity index (χ1v) is 5.88. The van der Waals surface area contributed by atoms with Gasteiger partial charge in [0, 0.05) is 18.4 Å². The standard InChI is InChI=1S/C13H16N2S/c1-10-4-3-5-12(8-10)6-7-15-11(2)9-14-13(15)16/h3-5,8-9H,6-7H2,1-2H3,(H,14,16). The molecule has 0 saturated heterocycles. The van der Waals surface area contributed by atoms with E-state index in [4.69, 9.17) is 12.2 Å². The zero-order valence-electron chi connectivity index (χ0n) is 9.66. The van der Waals surface area contributed by atoms with Gasteiger partial charge in [-0.3, -0.25) is 0 Å². The molecule has 2 aromatic rings. The highest BCUT2D eigenvalue weighted by atomic mass is 32.1. The van der Waals surface area contributed by atoms with Gasteiger partial charge in [-0.05, 0) is 38.0 Å². The van der Waals surface area contributed by atoms with E-state index in [0.717, 1.165) is 17.7 Å². The third-order valence-corrected chi connectivity index (χ3v) is 3.12. The van der Waals surface area contributed by atoms with Crippen LogP contribution in [0.2, 0.25) is 0 Å². The van der Waals surface area contributed by atoms with Gasteiger partial charge in [0.2, 0.25) is 0 Å². The van der Waals surface area contributed by atoms with Crippen molar-refractivity contribution in [3.63, 3.8) is 0 Å². The van der Waals surface area contributed by atoms with Gasteiger partial charge in [-0.2, -0.15) is 0 Å². The number of benzene rings is 1. The van der Waals surface area contributed by atoms with Crippen LogP contribution >= 0.6 is 12.2 Å². The molecular weight excluding hydrogens is 216 g/mol. The zero-order chi connectivity index (χ0) is 11.5. The molecule has 16 heavy (non-hydrogen) atoms. The molecule has 3 heteroatoms. The number of hydrogen-bond acceptors (Lipinski definition) is 1. The SMILES string of the molecule is Cc1cccc(CCn2c(C)c[nH]c2=S)c1. The van der Waals surface area contributed by atoms with E-state index < -0.39 is 0 Å². The minimum absolute atomic E-state index is 0.810. The molecule has 0 spiro atoms. The number of imidazole rings is 1. The highest BCUT2D eigenvalue weighted by Gasteiger charge is 1.99. The maximum absolute atomic E-state index is 5.22. The first-order chi connectivity index (χ1) is 7.66. The van der Waals surface area contributed by atoms with Crippen molar-refractivity contribution in [3.05, 3.63) is 52.1 Å². The van der Waals surface area contributed by atoms with E-state index >= 15 is 0 Å². The summed E-state index contributed by atoms with van der Waals surface area (Å²) in [5.74, 6) is 0. The van der Waals surface area contributed by atoms with Crippen LogP contribution in [-0.4, -0.2) is 9.55 Å². The van der Waals surface area contributed by atoms with E-state index in [-0.39, 0.29) is 0 Å². The molecule has 0 radical (unpaired) electrons. The van der Waals surface area contributed by atoms with Gasteiger partial charge in [-0.15, -0.1) is 0 Å². The third kappa shape index (κ3) is 2.42. The molecule has 2 nitrogen and oxygen atoms in total. The van der Waals surface area contributed by atoms with Gasteiger partial charge < -0.3 is 9.55 Å². The Morgan fingerprint density at radius 3 is 2.75 bits per heavy atom. The second kappa shape index (κ2) is 4.66. The summed E-state index contributed by atoms with van der Waals surface area (Å²) in [6.45, 7) is 5.14. The van der Waals surface area contributed by atoms with E-state index in [1.54, 1.807) is 0 Å². The first kappa shape index (κ1) is 11.1. The van der Waals surface area contributed by atoms with Crippen molar-refractivity contribution in [2.75, 3.05) is 0 Å². The summed E-state index contributed by atoms with van der Waals surface area (Å²) in [6, 6.07) is 8.62. The molecule has 0 saturated carbocycles. The number of aromatic nitrogens is 2. The lowest BCUT2D eigenvalue weighted by Gasteiger charge is -2.06. The summed E-state index contributed by atoms with van der Waals surface area (Å²) in [5.41, 5.74) is 3.87. The fraction of sp³-hybridized carbons (Fsp3) is 0.308. The van der Waals surface area contributed by atoms with Gasteiger partial charge in [-0.25, -0.2) is 0 Å². The molecule has 1 heterocycles. The van der Waals surface area contributed by atoms with Crippen LogP contribution in [0.4, 0.5) is 0 Å². The fourth-order valence-corrected chi connectivity index (χ4v) is 2.16. The molecule has 0 bridgehead atoms. The van der Waals surface area contributed by atoms with Gasteiger partial charge in [0.1, 0.15) is 0 Å². The van der Waals surface area contributed by atoms with Crippen molar-refractivity contribution in [1.29, 1.82) is 0 Å². The average molecular weight is 232 g/mol. The molecule has 1 N–H and O–H groups in total. The summed E-state index contributed by atoms with van der Waals surface area (Å²) < 4.78 is 2.95. The molecule has 0 unspecified atom stereocenters. The van der Waals surface area contributed by atoms with Crippen LogP contribution in [0.5, 0.6) is 0 Å². The Hall–Kier alpha value is -1.35. The number of hydrogen-bond donors (Lipinski definition) is 1. The summed E-state index contributed by atoms with van der Waals surface area (Å²) in [4.78, 5) is 3.06. The van der Waals surface area contributed by atoms with Crippen LogP contribution in [0.1, 0.15) is 16.8 Å². The fourth-order valence-electron chi connectivity index (χ4n) is 1.87. The second-order valence-electron chi connectivity index (χ2n) is 4.13. The minimum Gasteiger partial charge on any atom is -0.337 e. The summed E-state index contributed by atoms with van der Waals surface area (Å²) in [5, 5.41) is 0. The normalized spacial score (nSPS) is 10.6. The first-order valence-electron chi connectivity index (χ1n) is 5.47. The van der Waals surface area contributed by atoms with Crippen LogP contribution in [0.15, 0.2) is 30.5 Å². The molecule has 0 aliphatic rings. The van der Waals surface area contributed by atoms with Gasteiger partial charge >= 0.3 is 0 Å². The van der Waals surface area contributed by atoms with E-state index in [0.29, 0.717) is 0 Å². The molecule has 0 amide bonds. The van der Waals surface area contributed by atoms with Crippen LogP contribution in [0.25, 0.3) is 0 Å². The number of aromatic amines is 1. The highest BCUT2D eigenvalue weighted by molar-refractivity contribution is 7.71. The number of nitrogens with one attached hydrogen (secondary N) is 1. The largest absolute Gasteiger partial charge is 0.337 e. The summed E-state index contributed by atoms with van der Waals surface area (Å²) in [7, 11) is 0. The zero-order valence-corrected chi connectivity index (χ0v) is 10.5. The summed E-state index contributed by atoms with van der Waals surface area (Å²) >= 11 is 5.22. The van der Waals surface area contributed by atoms with E-state index in [1.165, 1.54) is 16.8 Å². The lowest BCUT2D eigenvalue weighted by molar-refractivity contribution is 0.669. The smallest absolute Gasteiger partial charge is 0.177 e. The Balaban J connectivity index is 2.11. The van der Waals surface area contributed by atoms with Crippen LogP contribution < -0.4 is 0 Å². The number of nitrogens with zero attached hydrogens (tertiary/aromatic N) is 1. The maximum atomic E-state index is 5.22. The third-order valence-electron chi connectivity index (χ3n) is 2.78. The minimum atomic E-state index is 0.810. The topological polar surface area (TPSA) is 20.7 Å². The summed E-state index contributed by atoms with van der Waals surface area (Å²) in [6.07, 6.45) is 2.98. The molecular formula is C13H16N2S. The van der Waals surface area contributed by atoms with E-state index in [1.807, 2.05) is 6.20 Å². The Labute approximate surface area is 101 Å². The van der Waals surface area contributed by atoms with Gasteiger partial charge in [-0.1, -0.05) is 29.8 Å². The van der Waals surface area contributed by atoms with E-state index in [9.17, 15) is 0 Å². The Morgan fingerprint density at radius 1 is 1.31 bits per heavy atom. The number of H-pyrrole nitrogens is 1. The predicted molar refractivity (Wildman–Crippen MR) is 69.2 cm³/mol. The molecule has 0 atom stereocenters. The number of rotatable bonds is 3. The molecule has 84 valence electrons. The van der Waals surface area contributed by atoms with Gasteiger partial charge in [0.25, 0.3) is 0 Å². The van der Waals surface area contributed by atoms with Crippen LogP contribution in [0.3, 0.4) is 0 Å². The monoisotopic (exact) mass is 232 g/mol.